The largest absolute Gasteiger partial charge is 0.497 e. The molecule has 1 aromatic heterocycles. The number of furan rings is 1. The third-order valence-corrected chi connectivity index (χ3v) is 6.92. The van der Waals surface area contributed by atoms with Crippen LogP contribution in [-0.4, -0.2) is 55.7 Å². The Labute approximate surface area is 214 Å². The molecule has 2 aromatic carbocycles. The molecule has 8 nitrogen and oxygen atoms in total. The van der Waals surface area contributed by atoms with Crippen LogP contribution in [0.1, 0.15) is 50.6 Å². The van der Waals surface area contributed by atoms with Crippen molar-refractivity contribution >= 4 is 23.2 Å². The van der Waals surface area contributed by atoms with Gasteiger partial charge in [0.1, 0.15) is 17.3 Å². The van der Waals surface area contributed by atoms with E-state index in [2.05, 4.69) is 10.5 Å². The third-order valence-electron chi connectivity index (χ3n) is 6.92. The van der Waals surface area contributed by atoms with Crippen LogP contribution in [0.4, 0.5) is 10.1 Å². The number of nitrogens with one attached hydrogen (secondary N) is 1. The number of amides is 2. The highest BCUT2D eigenvalue weighted by Gasteiger charge is 2.32. The van der Waals surface area contributed by atoms with Gasteiger partial charge in [-0.1, -0.05) is 12.1 Å². The summed E-state index contributed by atoms with van der Waals surface area (Å²) in [7, 11) is 1.57. The fourth-order valence-corrected chi connectivity index (χ4v) is 4.91. The molecule has 1 fully saturated rings. The van der Waals surface area contributed by atoms with E-state index in [0.717, 1.165) is 23.3 Å². The average Bonchev–Trinajstić information content (AvgIpc) is 3.28. The second-order valence-corrected chi connectivity index (χ2v) is 9.17. The van der Waals surface area contributed by atoms with Crippen LogP contribution < -0.4 is 15.1 Å². The molecule has 9 heteroatoms. The predicted octanol–water partition coefficient (Wildman–Crippen LogP) is 4.17. The van der Waals surface area contributed by atoms with E-state index in [1.807, 2.05) is 17.9 Å². The van der Waals surface area contributed by atoms with E-state index in [1.165, 1.54) is 6.07 Å². The number of hydrazone groups is 1. The summed E-state index contributed by atoms with van der Waals surface area (Å²) in [5.41, 5.74) is 5.89. The van der Waals surface area contributed by atoms with Gasteiger partial charge in [-0.15, -0.1) is 0 Å². The second-order valence-electron chi connectivity index (χ2n) is 9.17. The van der Waals surface area contributed by atoms with Gasteiger partial charge in [-0.25, -0.2) is 9.82 Å². The van der Waals surface area contributed by atoms with Crippen LogP contribution in [0, 0.1) is 12.7 Å². The smallest absolute Gasteiger partial charge is 0.289 e. The minimum absolute atomic E-state index is 0.179. The Morgan fingerprint density at radius 2 is 1.76 bits per heavy atom. The third kappa shape index (κ3) is 4.94. The van der Waals surface area contributed by atoms with E-state index >= 15 is 0 Å². The van der Waals surface area contributed by atoms with E-state index in [0.29, 0.717) is 67.5 Å². The van der Waals surface area contributed by atoms with Gasteiger partial charge in [0.25, 0.3) is 11.8 Å². The highest BCUT2D eigenvalue weighted by Crippen LogP contribution is 2.31. The maximum atomic E-state index is 14.2. The Balaban J connectivity index is 1.29. The number of piperazine rings is 1. The van der Waals surface area contributed by atoms with Gasteiger partial charge >= 0.3 is 0 Å². The van der Waals surface area contributed by atoms with E-state index in [9.17, 15) is 14.0 Å². The van der Waals surface area contributed by atoms with Crippen LogP contribution in [0.15, 0.2) is 58.0 Å². The number of hydrogen-bond donors (Lipinski definition) is 1. The van der Waals surface area contributed by atoms with Crippen molar-refractivity contribution in [2.45, 2.75) is 26.2 Å². The van der Waals surface area contributed by atoms with Crippen molar-refractivity contribution in [2.75, 3.05) is 38.2 Å². The molecule has 5 rings (SSSR count). The van der Waals surface area contributed by atoms with Crippen molar-refractivity contribution < 1.29 is 23.1 Å². The number of rotatable bonds is 5. The Hall–Kier alpha value is -4.14. The molecule has 0 unspecified atom stereocenters. The van der Waals surface area contributed by atoms with Gasteiger partial charge in [0.15, 0.2) is 5.76 Å². The minimum Gasteiger partial charge on any atom is -0.497 e. The van der Waals surface area contributed by atoms with E-state index < -0.39 is 0 Å². The number of nitrogens with zero attached hydrogens (tertiary/aromatic N) is 3. The first-order valence-corrected chi connectivity index (χ1v) is 12.4. The van der Waals surface area contributed by atoms with Crippen molar-refractivity contribution in [3.63, 3.8) is 0 Å². The zero-order chi connectivity index (χ0) is 25.9. The lowest BCUT2D eigenvalue weighted by atomic mass is 9.93. The molecule has 3 aromatic rings. The van der Waals surface area contributed by atoms with Gasteiger partial charge in [-0.2, -0.15) is 5.10 Å². The summed E-state index contributed by atoms with van der Waals surface area (Å²) in [5, 5.41) is 4.40. The van der Waals surface area contributed by atoms with Crippen LogP contribution >= 0.6 is 0 Å². The number of aryl methyl sites for hydroxylation is 1. The standard InChI is InChI=1S/C28H29FN4O4/c1-18-25-22(30-31-27(34)19-10-12-20(36-2)13-11-19)7-5-9-24(25)37-26(18)28(35)33-16-14-32(15-17-33)23-8-4-3-6-21(23)29/h3-4,6,8,10-13H,5,7,9,14-17H2,1-2H3,(H,31,34)/b30-22+. The van der Waals surface area contributed by atoms with Gasteiger partial charge in [0, 0.05) is 49.3 Å². The van der Waals surface area contributed by atoms with Crippen molar-refractivity contribution in [2.24, 2.45) is 5.10 Å². The number of ether oxygens (including phenoxy) is 1. The number of anilines is 1. The van der Waals surface area contributed by atoms with Gasteiger partial charge in [0.2, 0.25) is 0 Å². The quantitative estimate of drug-likeness (QED) is 0.527. The molecule has 1 aliphatic heterocycles. The molecule has 37 heavy (non-hydrogen) atoms. The molecular formula is C28H29FN4O4. The first kappa shape index (κ1) is 24.5. The fourth-order valence-electron chi connectivity index (χ4n) is 4.91. The molecule has 0 bridgehead atoms. The Bertz CT molecular complexity index is 1340. The minimum atomic E-state index is -0.326. The van der Waals surface area contributed by atoms with Gasteiger partial charge in [-0.05, 0) is 56.2 Å². The van der Waals surface area contributed by atoms with Gasteiger partial charge in [0.05, 0.1) is 18.5 Å². The molecule has 1 saturated heterocycles. The number of para-hydroxylation sites is 1. The molecule has 0 radical (unpaired) electrons. The van der Waals surface area contributed by atoms with Crippen LogP contribution in [0.2, 0.25) is 0 Å². The molecule has 192 valence electrons. The van der Waals surface area contributed by atoms with Gasteiger partial charge in [-0.3, -0.25) is 9.59 Å². The molecule has 0 saturated carbocycles. The Kier molecular flexibility index (Phi) is 6.94. The number of hydrogen-bond acceptors (Lipinski definition) is 6. The SMILES string of the molecule is COc1ccc(C(=O)N/N=C2\CCCc3oc(C(=O)N4CCN(c5ccccc5F)CC4)c(C)c32)cc1. The van der Waals surface area contributed by atoms with Gasteiger partial charge < -0.3 is 19.0 Å². The van der Waals surface area contributed by atoms with E-state index in [4.69, 9.17) is 9.15 Å². The Morgan fingerprint density at radius 3 is 2.46 bits per heavy atom. The summed E-state index contributed by atoms with van der Waals surface area (Å²) in [6.07, 6.45) is 2.19. The maximum absolute atomic E-state index is 14.2. The van der Waals surface area contributed by atoms with Crippen molar-refractivity contribution in [3.8, 4) is 5.75 Å². The first-order chi connectivity index (χ1) is 18.0. The van der Waals surface area contributed by atoms with Crippen molar-refractivity contribution in [3.05, 3.63) is 82.6 Å². The summed E-state index contributed by atoms with van der Waals surface area (Å²) < 4.78 is 25.4. The Morgan fingerprint density at radius 1 is 1.03 bits per heavy atom. The molecule has 2 heterocycles. The molecule has 1 aliphatic carbocycles. The zero-order valence-corrected chi connectivity index (χ0v) is 20.9. The van der Waals surface area contributed by atoms with E-state index in [1.54, 1.807) is 48.4 Å². The molecule has 2 aliphatic rings. The number of halogens is 1. The fraction of sp³-hybridized carbons (Fsp3) is 0.321. The molecule has 0 spiro atoms. The number of fused-ring (bicyclic) bond motifs is 1. The van der Waals surface area contributed by atoms with E-state index in [-0.39, 0.29) is 17.6 Å². The summed E-state index contributed by atoms with van der Waals surface area (Å²) >= 11 is 0. The number of carbonyl (C=O) groups excluding carboxylic acids is 2. The van der Waals surface area contributed by atoms with Crippen LogP contribution in [-0.2, 0) is 6.42 Å². The maximum Gasteiger partial charge on any atom is 0.289 e. The van der Waals surface area contributed by atoms with Crippen molar-refractivity contribution in [1.29, 1.82) is 0 Å². The van der Waals surface area contributed by atoms with Crippen LogP contribution in [0.5, 0.6) is 5.75 Å². The normalized spacial score (nSPS) is 16.5. The highest BCUT2D eigenvalue weighted by molar-refractivity contribution is 6.07. The topological polar surface area (TPSA) is 87.4 Å². The second kappa shape index (κ2) is 10.5. The lowest BCUT2D eigenvalue weighted by Crippen LogP contribution is -2.49. The summed E-state index contributed by atoms with van der Waals surface area (Å²) in [6, 6.07) is 13.5. The number of methoxy groups -OCH3 is 1. The first-order valence-electron chi connectivity index (χ1n) is 12.4. The van der Waals surface area contributed by atoms with Crippen LogP contribution in [0.25, 0.3) is 0 Å². The molecular weight excluding hydrogens is 475 g/mol. The molecule has 0 atom stereocenters. The zero-order valence-electron chi connectivity index (χ0n) is 20.9. The summed E-state index contributed by atoms with van der Waals surface area (Å²) in [5.74, 6) is 0.923. The highest BCUT2D eigenvalue weighted by atomic mass is 19.1. The number of carbonyl (C=O) groups is 2. The lowest BCUT2D eigenvalue weighted by Gasteiger charge is -2.35. The van der Waals surface area contributed by atoms with Crippen LogP contribution in [0.3, 0.4) is 0 Å². The monoisotopic (exact) mass is 504 g/mol. The predicted molar refractivity (Wildman–Crippen MR) is 138 cm³/mol. The lowest BCUT2D eigenvalue weighted by molar-refractivity contribution is 0.0711. The molecule has 2 amide bonds. The molecule has 1 N–H and O–H groups in total. The number of benzene rings is 2. The average molecular weight is 505 g/mol. The summed E-state index contributed by atoms with van der Waals surface area (Å²) in [6.45, 7) is 3.87. The van der Waals surface area contributed by atoms with Crippen molar-refractivity contribution in [1.82, 2.24) is 10.3 Å². The summed E-state index contributed by atoms with van der Waals surface area (Å²) in [4.78, 5) is 29.7.